The highest BCUT2D eigenvalue weighted by atomic mass is 32.1. The van der Waals surface area contributed by atoms with Crippen LogP contribution in [0.4, 0.5) is 0 Å². The van der Waals surface area contributed by atoms with Crippen LogP contribution in [0.1, 0.15) is 17.5 Å². The van der Waals surface area contributed by atoms with E-state index in [9.17, 15) is 0 Å². The zero-order chi connectivity index (χ0) is 14.3. The summed E-state index contributed by atoms with van der Waals surface area (Å²) < 4.78 is 0. The molecule has 1 fully saturated rings. The third-order valence-electron chi connectivity index (χ3n) is 4.26. The topological polar surface area (TPSA) is 15.3 Å². The molecule has 0 spiro atoms. The van der Waals surface area contributed by atoms with Crippen LogP contribution in [0.25, 0.3) is 0 Å². The van der Waals surface area contributed by atoms with E-state index in [1.807, 2.05) is 0 Å². The quantitative estimate of drug-likeness (QED) is 0.845. The van der Waals surface area contributed by atoms with Gasteiger partial charge in [-0.2, -0.15) is 11.3 Å². The van der Waals surface area contributed by atoms with Gasteiger partial charge in [-0.15, -0.1) is 0 Å². The number of benzene rings is 1. The van der Waals surface area contributed by atoms with Crippen molar-refractivity contribution in [3.05, 3.63) is 58.3 Å². The van der Waals surface area contributed by atoms with Crippen molar-refractivity contribution in [3.8, 4) is 0 Å². The molecule has 112 valence electrons. The number of likely N-dealkylation sites (tertiary alicyclic amines) is 1. The van der Waals surface area contributed by atoms with Gasteiger partial charge in [-0.05, 0) is 60.3 Å². The summed E-state index contributed by atoms with van der Waals surface area (Å²) >= 11 is 1.79. The Morgan fingerprint density at radius 2 is 2.00 bits per heavy atom. The maximum Gasteiger partial charge on any atom is 0.0207 e. The van der Waals surface area contributed by atoms with Crippen molar-refractivity contribution in [2.75, 3.05) is 26.2 Å². The lowest BCUT2D eigenvalue weighted by Gasteiger charge is -2.16. The molecule has 0 radical (unpaired) electrons. The fourth-order valence-electron chi connectivity index (χ4n) is 2.99. The molecule has 2 heterocycles. The maximum atomic E-state index is 3.71. The summed E-state index contributed by atoms with van der Waals surface area (Å²) in [5.41, 5.74) is 2.91. The second kappa shape index (κ2) is 7.74. The van der Waals surface area contributed by atoms with Gasteiger partial charge in [-0.1, -0.05) is 30.3 Å². The smallest absolute Gasteiger partial charge is 0.0207 e. The average molecular weight is 300 g/mol. The molecule has 1 aliphatic heterocycles. The predicted octanol–water partition coefficient (Wildman–Crippen LogP) is 3.20. The number of thiophene rings is 1. The third-order valence-corrected chi connectivity index (χ3v) is 4.99. The van der Waals surface area contributed by atoms with E-state index in [2.05, 4.69) is 57.4 Å². The molecule has 1 aliphatic rings. The average Bonchev–Trinajstić information content (AvgIpc) is 3.18. The minimum absolute atomic E-state index is 0.680. The van der Waals surface area contributed by atoms with Gasteiger partial charge in [0, 0.05) is 19.1 Å². The number of nitrogens with one attached hydrogen (secondary N) is 1. The first-order chi connectivity index (χ1) is 10.4. The van der Waals surface area contributed by atoms with Crippen LogP contribution in [0.5, 0.6) is 0 Å². The summed E-state index contributed by atoms with van der Waals surface area (Å²) in [6, 6.07) is 13.7. The van der Waals surface area contributed by atoms with Crippen LogP contribution in [0.15, 0.2) is 47.2 Å². The highest BCUT2D eigenvalue weighted by Gasteiger charge is 2.21. The van der Waals surface area contributed by atoms with Crippen molar-refractivity contribution in [2.24, 2.45) is 0 Å². The minimum Gasteiger partial charge on any atom is -0.312 e. The van der Waals surface area contributed by atoms with Crippen molar-refractivity contribution in [3.63, 3.8) is 0 Å². The molecule has 1 saturated heterocycles. The highest BCUT2D eigenvalue weighted by Crippen LogP contribution is 2.11. The number of hydrogen-bond acceptors (Lipinski definition) is 3. The minimum atomic E-state index is 0.680. The number of nitrogens with zero attached hydrogens (tertiary/aromatic N) is 1. The van der Waals surface area contributed by atoms with E-state index in [0.29, 0.717) is 6.04 Å². The summed E-state index contributed by atoms with van der Waals surface area (Å²) in [5, 5.41) is 8.13. The van der Waals surface area contributed by atoms with Crippen LogP contribution in [0, 0.1) is 0 Å². The van der Waals surface area contributed by atoms with Gasteiger partial charge in [0.15, 0.2) is 0 Å². The fourth-order valence-corrected chi connectivity index (χ4v) is 3.69. The van der Waals surface area contributed by atoms with Crippen molar-refractivity contribution < 1.29 is 0 Å². The summed E-state index contributed by atoms with van der Waals surface area (Å²) in [5.74, 6) is 0. The van der Waals surface area contributed by atoms with E-state index >= 15 is 0 Å². The van der Waals surface area contributed by atoms with Crippen LogP contribution < -0.4 is 5.32 Å². The van der Waals surface area contributed by atoms with E-state index in [0.717, 1.165) is 13.0 Å². The Kier molecular flexibility index (Phi) is 5.44. The molecule has 1 aromatic heterocycles. The molecule has 0 bridgehead atoms. The summed E-state index contributed by atoms with van der Waals surface area (Å²) in [4.78, 5) is 2.59. The largest absolute Gasteiger partial charge is 0.312 e. The van der Waals surface area contributed by atoms with Gasteiger partial charge < -0.3 is 10.2 Å². The van der Waals surface area contributed by atoms with Crippen LogP contribution >= 0.6 is 11.3 Å². The molecule has 0 amide bonds. The molecule has 3 heteroatoms. The lowest BCUT2D eigenvalue weighted by atomic mass is 10.1. The lowest BCUT2D eigenvalue weighted by Crippen LogP contribution is -2.34. The van der Waals surface area contributed by atoms with Crippen LogP contribution in [0.2, 0.25) is 0 Å². The monoisotopic (exact) mass is 300 g/mol. The Hall–Kier alpha value is -1.16. The molecular weight excluding hydrogens is 276 g/mol. The van der Waals surface area contributed by atoms with Gasteiger partial charge in [-0.25, -0.2) is 0 Å². The molecular formula is C18H24N2S. The molecule has 1 unspecified atom stereocenters. The van der Waals surface area contributed by atoms with Crippen molar-refractivity contribution in [2.45, 2.75) is 25.3 Å². The van der Waals surface area contributed by atoms with E-state index < -0.39 is 0 Å². The van der Waals surface area contributed by atoms with Crippen molar-refractivity contribution in [1.29, 1.82) is 0 Å². The second-order valence-corrected chi connectivity index (χ2v) is 6.64. The van der Waals surface area contributed by atoms with Gasteiger partial charge in [-0.3, -0.25) is 0 Å². The maximum absolute atomic E-state index is 3.71. The Labute approximate surface area is 131 Å². The van der Waals surface area contributed by atoms with E-state index in [4.69, 9.17) is 0 Å². The normalized spacial score (nSPS) is 19.1. The van der Waals surface area contributed by atoms with E-state index in [1.165, 1.54) is 43.6 Å². The van der Waals surface area contributed by atoms with Gasteiger partial charge in [0.25, 0.3) is 0 Å². The summed E-state index contributed by atoms with van der Waals surface area (Å²) in [7, 11) is 0. The molecule has 0 aliphatic carbocycles. The first kappa shape index (κ1) is 14.8. The van der Waals surface area contributed by atoms with Gasteiger partial charge in [0.2, 0.25) is 0 Å². The Bertz CT molecular complexity index is 509. The number of hydrogen-bond donors (Lipinski definition) is 1. The van der Waals surface area contributed by atoms with Gasteiger partial charge >= 0.3 is 0 Å². The Morgan fingerprint density at radius 1 is 1.10 bits per heavy atom. The Balaban J connectivity index is 1.33. The van der Waals surface area contributed by atoms with Crippen LogP contribution in [0.3, 0.4) is 0 Å². The number of rotatable bonds is 7. The first-order valence-electron chi connectivity index (χ1n) is 7.91. The molecule has 21 heavy (non-hydrogen) atoms. The van der Waals surface area contributed by atoms with Crippen molar-refractivity contribution in [1.82, 2.24) is 10.2 Å². The Morgan fingerprint density at radius 3 is 2.81 bits per heavy atom. The zero-order valence-corrected chi connectivity index (χ0v) is 13.3. The van der Waals surface area contributed by atoms with Crippen LogP contribution in [-0.2, 0) is 12.8 Å². The third kappa shape index (κ3) is 4.67. The summed E-state index contributed by atoms with van der Waals surface area (Å²) in [6.07, 6.45) is 3.62. The first-order valence-corrected chi connectivity index (χ1v) is 8.85. The standard InChI is InChI=1S/C18H24N2S/c1-2-4-16(5-3-1)7-11-20-12-8-18(14-20)19-10-6-17-9-13-21-15-17/h1-5,9,13,15,18-19H,6-8,10-12,14H2. The van der Waals surface area contributed by atoms with Crippen molar-refractivity contribution >= 4 is 11.3 Å². The molecule has 1 N–H and O–H groups in total. The van der Waals surface area contributed by atoms with Gasteiger partial charge in [0.05, 0.1) is 0 Å². The second-order valence-electron chi connectivity index (χ2n) is 5.86. The van der Waals surface area contributed by atoms with Gasteiger partial charge in [0.1, 0.15) is 0 Å². The molecule has 1 aromatic carbocycles. The molecule has 0 saturated carbocycles. The zero-order valence-electron chi connectivity index (χ0n) is 12.5. The summed E-state index contributed by atoms with van der Waals surface area (Å²) in [6.45, 7) is 4.74. The lowest BCUT2D eigenvalue weighted by molar-refractivity contribution is 0.332. The molecule has 1 atom stereocenters. The highest BCUT2D eigenvalue weighted by molar-refractivity contribution is 7.07. The fraction of sp³-hybridized carbons (Fsp3) is 0.444. The van der Waals surface area contributed by atoms with E-state index in [-0.39, 0.29) is 0 Å². The predicted molar refractivity (Wildman–Crippen MR) is 91.0 cm³/mol. The SMILES string of the molecule is c1ccc(CCN2CCC(NCCc3ccsc3)C2)cc1. The van der Waals surface area contributed by atoms with E-state index in [1.54, 1.807) is 11.3 Å². The van der Waals surface area contributed by atoms with Crippen LogP contribution in [-0.4, -0.2) is 37.1 Å². The molecule has 2 nitrogen and oxygen atoms in total. The molecule has 3 rings (SSSR count). The molecule has 2 aromatic rings.